The van der Waals surface area contributed by atoms with Gasteiger partial charge < -0.3 is 20.1 Å². The smallest absolute Gasteiger partial charge is 0.342 e. The number of ether oxygens (including phenoxy) is 2. The van der Waals surface area contributed by atoms with E-state index in [0.717, 1.165) is 4.88 Å². The number of nitrogens with one attached hydrogen (secondary N) is 3. The summed E-state index contributed by atoms with van der Waals surface area (Å²) in [5, 5.41) is 9.57. The molecule has 0 bridgehead atoms. The van der Waals surface area contributed by atoms with E-state index in [1.807, 2.05) is 23.6 Å². The van der Waals surface area contributed by atoms with E-state index in [-0.39, 0.29) is 11.4 Å². The van der Waals surface area contributed by atoms with Crippen molar-refractivity contribution in [1.82, 2.24) is 15.6 Å². The number of rotatable bonds is 8. The minimum absolute atomic E-state index is 0.128. The van der Waals surface area contributed by atoms with Crippen molar-refractivity contribution in [3.8, 4) is 5.75 Å². The van der Waals surface area contributed by atoms with Gasteiger partial charge in [-0.05, 0) is 35.7 Å². The van der Waals surface area contributed by atoms with Gasteiger partial charge in [0.05, 0.1) is 19.3 Å². The second-order valence-corrected chi connectivity index (χ2v) is 7.14. The molecule has 0 unspecified atom stereocenters. The van der Waals surface area contributed by atoms with Crippen LogP contribution in [0, 0.1) is 0 Å². The number of carbonyl (C=O) groups is 3. The normalized spacial score (nSPS) is 10.1. The molecule has 31 heavy (non-hydrogen) atoms. The van der Waals surface area contributed by atoms with E-state index in [1.54, 1.807) is 24.3 Å². The summed E-state index contributed by atoms with van der Waals surface area (Å²) in [5.74, 6) is -0.702. The van der Waals surface area contributed by atoms with Crippen molar-refractivity contribution in [2.75, 3.05) is 19.0 Å². The maximum absolute atomic E-state index is 12.5. The monoisotopic (exact) mass is 440 g/mol. The molecule has 0 atom stereocenters. The molecule has 10 heteroatoms. The van der Waals surface area contributed by atoms with Crippen LogP contribution in [0.5, 0.6) is 5.75 Å². The van der Waals surface area contributed by atoms with Crippen LogP contribution in [-0.4, -0.2) is 36.6 Å². The Hall–Kier alpha value is -3.92. The summed E-state index contributed by atoms with van der Waals surface area (Å²) in [6, 6.07) is 13.3. The number of anilines is 2. The van der Waals surface area contributed by atoms with E-state index < -0.39 is 24.5 Å². The number of aromatic nitrogens is 1. The highest BCUT2D eigenvalue weighted by Crippen LogP contribution is 2.27. The zero-order valence-electron chi connectivity index (χ0n) is 16.6. The lowest BCUT2D eigenvalue weighted by Gasteiger charge is -2.13. The minimum atomic E-state index is -0.764. The number of amides is 3. The number of hydrogen-bond donors (Lipinski definition) is 3. The van der Waals surface area contributed by atoms with Gasteiger partial charge >= 0.3 is 12.0 Å². The fourth-order valence-corrected chi connectivity index (χ4v) is 3.19. The number of hydrogen-bond acceptors (Lipinski definition) is 8. The molecule has 0 saturated carbocycles. The predicted molar refractivity (Wildman–Crippen MR) is 115 cm³/mol. The SMILES string of the molecule is COc1ccccc1Nc1ncccc1C(=O)OCC(=O)NC(=O)NCc1cccs1. The standard InChI is InChI=1S/C21H20N4O5S/c1-29-17-9-3-2-8-16(17)24-19-15(7-4-10-22-19)20(27)30-13-18(26)25-21(28)23-12-14-6-5-11-31-14/h2-11H,12-13H2,1H3,(H,22,24)(H2,23,25,26,28). The lowest BCUT2D eigenvalue weighted by Crippen LogP contribution is -2.41. The highest BCUT2D eigenvalue weighted by atomic mass is 32.1. The first-order valence-corrected chi connectivity index (χ1v) is 10.1. The van der Waals surface area contributed by atoms with E-state index in [1.165, 1.54) is 30.7 Å². The fourth-order valence-electron chi connectivity index (χ4n) is 2.54. The molecule has 3 aromatic rings. The number of nitrogens with zero attached hydrogens (tertiary/aromatic N) is 1. The third-order valence-electron chi connectivity index (χ3n) is 3.98. The predicted octanol–water partition coefficient (Wildman–Crippen LogP) is 3.08. The average molecular weight is 440 g/mol. The Bertz CT molecular complexity index is 1060. The van der Waals surface area contributed by atoms with Crippen molar-refractivity contribution in [1.29, 1.82) is 0 Å². The number of methoxy groups -OCH3 is 1. The Morgan fingerprint density at radius 3 is 2.68 bits per heavy atom. The van der Waals surface area contributed by atoms with Crippen LogP contribution < -0.4 is 20.7 Å². The molecular formula is C21H20N4O5S. The molecule has 1 aromatic carbocycles. The molecule has 0 spiro atoms. The summed E-state index contributed by atoms with van der Waals surface area (Å²) in [4.78, 5) is 41.3. The summed E-state index contributed by atoms with van der Waals surface area (Å²) in [5.41, 5.74) is 0.737. The molecule has 2 heterocycles. The third kappa shape index (κ3) is 6.28. The van der Waals surface area contributed by atoms with Crippen LogP contribution in [0.15, 0.2) is 60.1 Å². The Morgan fingerprint density at radius 1 is 1.06 bits per heavy atom. The number of esters is 1. The maximum atomic E-state index is 12.5. The highest BCUT2D eigenvalue weighted by molar-refractivity contribution is 7.09. The van der Waals surface area contributed by atoms with E-state index in [4.69, 9.17) is 9.47 Å². The topological polar surface area (TPSA) is 119 Å². The van der Waals surface area contributed by atoms with Crippen molar-refractivity contribution in [3.63, 3.8) is 0 Å². The molecule has 3 rings (SSSR count). The summed E-state index contributed by atoms with van der Waals surface area (Å²) < 4.78 is 10.3. The zero-order chi connectivity index (χ0) is 22.1. The van der Waals surface area contributed by atoms with Crippen molar-refractivity contribution in [2.45, 2.75) is 6.54 Å². The number of benzene rings is 1. The van der Waals surface area contributed by atoms with E-state index in [9.17, 15) is 14.4 Å². The van der Waals surface area contributed by atoms with Crippen molar-refractivity contribution in [3.05, 3.63) is 70.5 Å². The van der Waals surface area contributed by atoms with Crippen LogP contribution in [0.3, 0.4) is 0 Å². The van der Waals surface area contributed by atoms with Crippen LogP contribution >= 0.6 is 11.3 Å². The van der Waals surface area contributed by atoms with Crippen molar-refractivity contribution < 1.29 is 23.9 Å². The van der Waals surface area contributed by atoms with Crippen LogP contribution in [0.2, 0.25) is 0 Å². The number of urea groups is 1. The van der Waals surface area contributed by atoms with Gasteiger partial charge in [0, 0.05) is 11.1 Å². The van der Waals surface area contributed by atoms with Crippen molar-refractivity contribution in [2.24, 2.45) is 0 Å². The first-order chi connectivity index (χ1) is 15.1. The Labute approximate surface area is 182 Å². The molecule has 0 saturated heterocycles. The molecule has 0 aliphatic heterocycles. The van der Waals surface area contributed by atoms with Gasteiger partial charge in [0.25, 0.3) is 5.91 Å². The lowest BCUT2D eigenvalue weighted by molar-refractivity contribution is -0.123. The molecule has 0 aliphatic carbocycles. The number of pyridine rings is 1. The van der Waals surface area contributed by atoms with Crippen LogP contribution in [-0.2, 0) is 16.1 Å². The van der Waals surface area contributed by atoms with Gasteiger partial charge in [-0.15, -0.1) is 11.3 Å². The van der Waals surface area contributed by atoms with Gasteiger partial charge in [0.2, 0.25) is 0 Å². The lowest BCUT2D eigenvalue weighted by atomic mass is 10.2. The molecular weight excluding hydrogens is 420 g/mol. The van der Waals surface area contributed by atoms with E-state index in [2.05, 4.69) is 20.9 Å². The quantitative estimate of drug-likeness (QED) is 0.461. The summed E-state index contributed by atoms with van der Waals surface area (Å²) in [6.07, 6.45) is 1.51. The fraction of sp³-hybridized carbons (Fsp3) is 0.143. The molecule has 3 amide bonds. The number of para-hydroxylation sites is 2. The number of carbonyl (C=O) groups excluding carboxylic acids is 3. The number of thiophene rings is 1. The van der Waals surface area contributed by atoms with Gasteiger partial charge in [-0.2, -0.15) is 0 Å². The first kappa shape index (κ1) is 21.8. The Balaban J connectivity index is 1.54. The molecule has 0 radical (unpaired) electrons. The van der Waals surface area contributed by atoms with Gasteiger partial charge in [-0.25, -0.2) is 14.6 Å². The third-order valence-corrected chi connectivity index (χ3v) is 4.85. The summed E-state index contributed by atoms with van der Waals surface area (Å²) in [6.45, 7) is -0.321. The van der Waals surface area contributed by atoms with Gasteiger partial charge in [-0.1, -0.05) is 18.2 Å². The second-order valence-electron chi connectivity index (χ2n) is 6.11. The molecule has 160 valence electrons. The first-order valence-electron chi connectivity index (χ1n) is 9.19. The van der Waals surface area contributed by atoms with Crippen LogP contribution in [0.25, 0.3) is 0 Å². The summed E-state index contributed by atoms with van der Waals surface area (Å²) in [7, 11) is 1.53. The molecule has 3 N–H and O–H groups in total. The van der Waals surface area contributed by atoms with Gasteiger partial charge in [0.1, 0.15) is 17.1 Å². The van der Waals surface area contributed by atoms with Crippen LogP contribution in [0.1, 0.15) is 15.2 Å². The largest absolute Gasteiger partial charge is 0.495 e. The highest BCUT2D eigenvalue weighted by Gasteiger charge is 2.17. The molecule has 2 aromatic heterocycles. The van der Waals surface area contributed by atoms with Gasteiger partial charge in [0.15, 0.2) is 6.61 Å². The molecule has 0 fully saturated rings. The Morgan fingerprint density at radius 2 is 1.90 bits per heavy atom. The van der Waals surface area contributed by atoms with E-state index >= 15 is 0 Å². The average Bonchev–Trinajstić information content (AvgIpc) is 3.30. The van der Waals surface area contributed by atoms with Crippen LogP contribution in [0.4, 0.5) is 16.3 Å². The van der Waals surface area contributed by atoms with Gasteiger partial charge in [-0.3, -0.25) is 10.1 Å². The second kappa shape index (κ2) is 10.7. The zero-order valence-corrected chi connectivity index (χ0v) is 17.4. The van der Waals surface area contributed by atoms with Crippen molar-refractivity contribution >= 4 is 40.7 Å². The Kier molecular flexibility index (Phi) is 7.55. The summed E-state index contributed by atoms with van der Waals surface area (Å²) >= 11 is 1.48. The molecule has 9 nitrogen and oxygen atoms in total. The minimum Gasteiger partial charge on any atom is -0.495 e. The maximum Gasteiger partial charge on any atom is 0.342 e. The number of imide groups is 1. The molecule has 0 aliphatic rings. The van der Waals surface area contributed by atoms with E-state index in [0.29, 0.717) is 18.0 Å².